The number of benzene rings is 2. The zero-order valence-electron chi connectivity index (χ0n) is 18.4. The molecule has 1 aliphatic rings. The lowest BCUT2D eigenvalue weighted by molar-refractivity contribution is -0.146. The molecule has 1 aliphatic carbocycles. The van der Waals surface area contributed by atoms with Crippen molar-refractivity contribution in [1.29, 1.82) is 0 Å². The summed E-state index contributed by atoms with van der Waals surface area (Å²) < 4.78 is 5.23. The maximum absolute atomic E-state index is 13.0. The molecule has 4 rings (SSSR count). The molecule has 164 valence electrons. The molecule has 1 saturated carbocycles. The molecular formula is C25H26N4O3. The molecule has 1 amide bonds. The molecule has 0 unspecified atom stereocenters. The first kappa shape index (κ1) is 21.5. The van der Waals surface area contributed by atoms with Crippen LogP contribution in [-0.4, -0.2) is 28.5 Å². The number of para-hydroxylation sites is 1. The fourth-order valence-electron chi connectivity index (χ4n) is 3.77. The number of esters is 1. The normalized spacial score (nSPS) is 13.8. The van der Waals surface area contributed by atoms with Gasteiger partial charge in [-0.25, -0.2) is 9.97 Å². The molecule has 0 saturated heterocycles. The Morgan fingerprint density at radius 1 is 1.00 bits per heavy atom. The molecule has 2 aromatic carbocycles. The smallest absolute Gasteiger partial charge is 0.316 e. The molecule has 0 atom stereocenters. The lowest BCUT2D eigenvalue weighted by Crippen LogP contribution is -2.23. The van der Waals surface area contributed by atoms with E-state index in [1.807, 2.05) is 69.3 Å². The van der Waals surface area contributed by atoms with E-state index in [1.54, 1.807) is 6.07 Å². The fraction of sp³-hybridized carbons (Fsp3) is 0.280. The van der Waals surface area contributed by atoms with Crippen LogP contribution in [0.3, 0.4) is 0 Å². The molecule has 7 heteroatoms. The largest absolute Gasteiger partial charge is 0.465 e. The third-order valence-electron chi connectivity index (χ3n) is 5.51. The molecule has 7 nitrogen and oxygen atoms in total. The van der Waals surface area contributed by atoms with Gasteiger partial charge in [0.1, 0.15) is 0 Å². The van der Waals surface area contributed by atoms with Crippen LogP contribution in [0.4, 0.5) is 17.3 Å². The van der Waals surface area contributed by atoms with Gasteiger partial charge in [0, 0.05) is 17.1 Å². The van der Waals surface area contributed by atoms with Gasteiger partial charge in [0.15, 0.2) is 0 Å². The molecule has 0 spiro atoms. The number of hydrogen-bond donors (Lipinski definition) is 2. The number of aryl methyl sites for hydroxylation is 2. The predicted molar refractivity (Wildman–Crippen MR) is 123 cm³/mol. The minimum atomic E-state index is -0.527. The molecule has 1 fully saturated rings. The number of amides is 1. The predicted octanol–water partition coefficient (Wildman–Crippen LogP) is 4.68. The molecule has 0 aliphatic heterocycles. The van der Waals surface area contributed by atoms with Crippen LogP contribution >= 0.6 is 0 Å². The van der Waals surface area contributed by atoms with Gasteiger partial charge < -0.3 is 15.4 Å². The second kappa shape index (κ2) is 8.78. The number of carbonyl (C=O) groups excluding carboxylic acids is 2. The zero-order chi connectivity index (χ0) is 22.7. The average molecular weight is 431 g/mol. The van der Waals surface area contributed by atoms with Crippen molar-refractivity contribution in [2.75, 3.05) is 17.2 Å². The molecular weight excluding hydrogens is 404 g/mol. The fourth-order valence-corrected chi connectivity index (χ4v) is 3.77. The highest BCUT2D eigenvalue weighted by atomic mass is 16.5. The van der Waals surface area contributed by atoms with Crippen molar-refractivity contribution in [2.24, 2.45) is 0 Å². The summed E-state index contributed by atoms with van der Waals surface area (Å²) in [5, 5.41) is 6.07. The molecule has 1 aromatic heterocycles. The van der Waals surface area contributed by atoms with Gasteiger partial charge in [-0.05, 0) is 69.5 Å². The Morgan fingerprint density at radius 2 is 1.66 bits per heavy atom. The van der Waals surface area contributed by atoms with Gasteiger partial charge in [0.25, 0.3) is 5.91 Å². The molecule has 1 heterocycles. The number of aromatic nitrogens is 2. The molecule has 0 radical (unpaired) electrons. The van der Waals surface area contributed by atoms with E-state index in [-0.39, 0.29) is 11.9 Å². The zero-order valence-corrected chi connectivity index (χ0v) is 18.4. The second-order valence-electron chi connectivity index (χ2n) is 7.98. The van der Waals surface area contributed by atoms with Crippen molar-refractivity contribution in [3.05, 3.63) is 77.1 Å². The van der Waals surface area contributed by atoms with Crippen molar-refractivity contribution in [2.45, 2.75) is 39.0 Å². The van der Waals surface area contributed by atoms with Crippen LogP contribution < -0.4 is 10.6 Å². The standard InChI is InChI=1S/C25H26N4O3/c1-4-32-23(31)25(13-14-25)18-9-11-19(12-10-18)28-22(30)20-7-5-6-8-21(20)29-24-26-16(2)15-17(3)27-24/h5-12,15H,4,13-14H2,1-3H3,(H,28,30)(H,26,27,29). The van der Waals surface area contributed by atoms with Crippen LogP contribution in [0.25, 0.3) is 0 Å². The van der Waals surface area contributed by atoms with Crippen molar-refractivity contribution >= 4 is 29.2 Å². The van der Waals surface area contributed by atoms with Crippen molar-refractivity contribution in [3.63, 3.8) is 0 Å². The van der Waals surface area contributed by atoms with Crippen LogP contribution in [0.2, 0.25) is 0 Å². The van der Waals surface area contributed by atoms with Crippen molar-refractivity contribution < 1.29 is 14.3 Å². The SMILES string of the molecule is CCOC(=O)C1(c2ccc(NC(=O)c3ccccc3Nc3nc(C)cc(C)n3)cc2)CC1. The van der Waals surface area contributed by atoms with E-state index in [0.717, 1.165) is 29.8 Å². The van der Waals surface area contributed by atoms with Gasteiger partial charge in [-0.15, -0.1) is 0 Å². The Balaban J connectivity index is 1.49. The number of ether oxygens (including phenoxy) is 1. The summed E-state index contributed by atoms with van der Waals surface area (Å²) in [6, 6.07) is 16.5. The quantitative estimate of drug-likeness (QED) is 0.529. The maximum atomic E-state index is 13.0. The van der Waals surface area contributed by atoms with Gasteiger partial charge >= 0.3 is 5.97 Å². The Bertz CT molecular complexity index is 1130. The van der Waals surface area contributed by atoms with E-state index in [9.17, 15) is 9.59 Å². The number of hydrogen-bond acceptors (Lipinski definition) is 6. The van der Waals surface area contributed by atoms with E-state index in [2.05, 4.69) is 20.6 Å². The number of nitrogens with zero attached hydrogens (tertiary/aromatic N) is 2. The summed E-state index contributed by atoms with van der Waals surface area (Å²) in [5.41, 5.74) is 3.83. The van der Waals surface area contributed by atoms with E-state index in [0.29, 0.717) is 29.5 Å². The summed E-state index contributed by atoms with van der Waals surface area (Å²) in [6.07, 6.45) is 1.58. The second-order valence-corrected chi connectivity index (χ2v) is 7.98. The van der Waals surface area contributed by atoms with Gasteiger partial charge in [-0.3, -0.25) is 9.59 Å². The first-order valence-electron chi connectivity index (χ1n) is 10.7. The van der Waals surface area contributed by atoms with Gasteiger partial charge in [-0.2, -0.15) is 0 Å². The highest BCUT2D eigenvalue weighted by Gasteiger charge is 2.52. The van der Waals surface area contributed by atoms with Gasteiger partial charge in [0.05, 0.1) is 23.3 Å². The molecule has 32 heavy (non-hydrogen) atoms. The number of rotatable bonds is 7. The minimum Gasteiger partial charge on any atom is -0.465 e. The Labute approximate surface area is 187 Å². The Hall–Kier alpha value is -3.74. The summed E-state index contributed by atoms with van der Waals surface area (Å²) in [5.74, 6) is 0.0166. The van der Waals surface area contributed by atoms with E-state index >= 15 is 0 Å². The van der Waals surface area contributed by atoms with Crippen LogP contribution in [-0.2, 0) is 14.9 Å². The topological polar surface area (TPSA) is 93.2 Å². The summed E-state index contributed by atoms with van der Waals surface area (Å²) >= 11 is 0. The van der Waals surface area contributed by atoms with E-state index < -0.39 is 5.41 Å². The maximum Gasteiger partial charge on any atom is 0.316 e. The average Bonchev–Trinajstić information content (AvgIpc) is 3.56. The lowest BCUT2D eigenvalue weighted by Gasteiger charge is -2.15. The lowest BCUT2D eigenvalue weighted by atomic mass is 9.96. The summed E-state index contributed by atoms with van der Waals surface area (Å²) in [4.78, 5) is 34.1. The van der Waals surface area contributed by atoms with Gasteiger partial charge in [0.2, 0.25) is 5.95 Å². The van der Waals surface area contributed by atoms with Crippen molar-refractivity contribution in [3.8, 4) is 0 Å². The van der Waals surface area contributed by atoms with Crippen LogP contribution in [0.1, 0.15) is 47.1 Å². The Kier molecular flexibility index (Phi) is 5.90. The van der Waals surface area contributed by atoms with Crippen molar-refractivity contribution in [1.82, 2.24) is 9.97 Å². The first-order chi connectivity index (χ1) is 15.4. The number of carbonyl (C=O) groups is 2. The first-order valence-corrected chi connectivity index (χ1v) is 10.7. The highest BCUT2D eigenvalue weighted by molar-refractivity contribution is 6.08. The molecule has 2 N–H and O–H groups in total. The monoisotopic (exact) mass is 430 g/mol. The minimum absolute atomic E-state index is 0.176. The third kappa shape index (κ3) is 4.46. The van der Waals surface area contributed by atoms with Gasteiger partial charge in [-0.1, -0.05) is 24.3 Å². The van der Waals surface area contributed by atoms with Crippen LogP contribution in [0.15, 0.2) is 54.6 Å². The van der Waals surface area contributed by atoms with E-state index in [1.165, 1.54) is 0 Å². The Morgan fingerprint density at radius 3 is 2.28 bits per heavy atom. The molecule has 3 aromatic rings. The number of anilines is 3. The van der Waals surface area contributed by atoms with Crippen LogP contribution in [0.5, 0.6) is 0 Å². The van der Waals surface area contributed by atoms with E-state index in [4.69, 9.17) is 4.74 Å². The van der Waals surface area contributed by atoms with Crippen LogP contribution in [0, 0.1) is 13.8 Å². The third-order valence-corrected chi connectivity index (χ3v) is 5.51. The molecule has 0 bridgehead atoms. The summed E-state index contributed by atoms with van der Waals surface area (Å²) in [6.45, 7) is 5.98. The highest BCUT2D eigenvalue weighted by Crippen LogP contribution is 2.49. The summed E-state index contributed by atoms with van der Waals surface area (Å²) in [7, 11) is 0. The number of nitrogens with one attached hydrogen (secondary N) is 2.